The standard InChI is InChI=1S/C18H25NO5/c1-11(2)13(4)17(22)16-14(21)9-15(24-18(16)23)12(3)7-5-6-8-19-10-20/h6,8-13,21H,5,7H2,1-4H3,(H,19,20)/b8-6+. The summed E-state index contributed by atoms with van der Waals surface area (Å²) in [6.45, 7) is 7.34. The number of carbonyl (C=O) groups is 2. The highest BCUT2D eigenvalue weighted by molar-refractivity contribution is 5.99. The third-order valence-corrected chi connectivity index (χ3v) is 4.14. The number of ketones is 1. The molecule has 132 valence electrons. The van der Waals surface area contributed by atoms with E-state index in [9.17, 15) is 19.5 Å². The molecular formula is C18H25NO5. The zero-order valence-electron chi connectivity index (χ0n) is 14.5. The van der Waals surface area contributed by atoms with Crippen molar-refractivity contribution in [2.24, 2.45) is 11.8 Å². The molecule has 1 rings (SSSR count). The van der Waals surface area contributed by atoms with E-state index in [0.29, 0.717) is 25.0 Å². The summed E-state index contributed by atoms with van der Waals surface area (Å²) in [5, 5.41) is 12.5. The number of aromatic hydroxyl groups is 1. The lowest BCUT2D eigenvalue weighted by atomic mass is 9.90. The lowest BCUT2D eigenvalue weighted by Gasteiger charge is -2.15. The van der Waals surface area contributed by atoms with Gasteiger partial charge in [0.25, 0.3) is 0 Å². The first kappa shape index (κ1) is 19.7. The Balaban J connectivity index is 2.93. The second-order valence-corrected chi connectivity index (χ2v) is 6.26. The van der Waals surface area contributed by atoms with Gasteiger partial charge in [0.2, 0.25) is 6.41 Å². The Bertz CT molecular complexity index is 660. The molecule has 1 aromatic rings. The molecule has 0 saturated heterocycles. The van der Waals surface area contributed by atoms with Gasteiger partial charge in [0.1, 0.15) is 17.1 Å². The van der Waals surface area contributed by atoms with Crippen LogP contribution in [0.1, 0.15) is 62.6 Å². The van der Waals surface area contributed by atoms with Crippen LogP contribution in [-0.2, 0) is 4.79 Å². The summed E-state index contributed by atoms with van der Waals surface area (Å²) >= 11 is 0. The molecule has 24 heavy (non-hydrogen) atoms. The van der Waals surface area contributed by atoms with Crippen molar-refractivity contribution in [1.29, 1.82) is 0 Å². The summed E-state index contributed by atoms with van der Waals surface area (Å²) in [7, 11) is 0. The van der Waals surface area contributed by atoms with Gasteiger partial charge >= 0.3 is 5.63 Å². The van der Waals surface area contributed by atoms with E-state index in [1.165, 1.54) is 12.3 Å². The van der Waals surface area contributed by atoms with Crippen molar-refractivity contribution >= 4 is 12.2 Å². The number of carbonyl (C=O) groups excluding carboxylic acids is 2. The maximum atomic E-state index is 12.3. The van der Waals surface area contributed by atoms with Crippen molar-refractivity contribution in [2.75, 3.05) is 0 Å². The number of hydrogen-bond acceptors (Lipinski definition) is 5. The van der Waals surface area contributed by atoms with Gasteiger partial charge in [0.05, 0.1) is 0 Å². The number of hydrogen-bond donors (Lipinski definition) is 2. The first-order chi connectivity index (χ1) is 11.3. The van der Waals surface area contributed by atoms with E-state index in [0.717, 1.165) is 0 Å². The van der Waals surface area contributed by atoms with Crippen molar-refractivity contribution in [2.45, 2.75) is 46.5 Å². The second kappa shape index (κ2) is 9.05. The molecule has 0 spiro atoms. The van der Waals surface area contributed by atoms with Crippen molar-refractivity contribution in [3.8, 4) is 5.75 Å². The molecule has 2 unspecified atom stereocenters. The molecule has 1 amide bonds. The molecule has 0 aliphatic carbocycles. The summed E-state index contributed by atoms with van der Waals surface area (Å²) in [5.41, 5.74) is -1.07. The molecular weight excluding hydrogens is 310 g/mol. The minimum atomic E-state index is -0.799. The van der Waals surface area contributed by atoms with Gasteiger partial charge in [-0.3, -0.25) is 9.59 Å². The monoisotopic (exact) mass is 335 g/mol. The van der Waals surface area contributed by atoms with Gasteiger partial charge in [-0.05, 0) is 25.0 Å². The molecule has 6 nitrogen and oxygen atoms in total. The summed E-state index contributed by atoms with van der Waals surface area (Å²) in [4.78, 5) is 34.6. The van der Waals surface area contributed by atoms with Crippen LogP contribution in [0.5, 0.6) is 5.75 Å². The molecule has 2 N–H and O–H groups in total. The third kappa shape index (κ3) is 5.08. The van der Waals surface area contributed by atoms with Crippen LogP contribution in [0, 0.1) is 11.8 Å². The molecule has 6 heteroatoms. The van der Waals surface area contributed by atoms with Crippen LogP contribution < -0.4 is 10.9 Å². The summed E-state index contributed by atoms with van der Waals surface area (Å²) in [6.07, 6.45) is 5.21. The maximum Gasteiger partial charge on any atom is 0.350 e. The average molecular weight is 335 g/mol. The minimum Gasteiger partial charge on any atom is -0.507 e. The Kier molecular flexibility index (Phi) is 7.42. The number of nitrogens with one attached hydrogen (secondary N) is 1. The zero-order chi connectivity index (χ0) is 18.3. The van der Waals surface area contributed by atoms with E-state index in [2.05, 4.69) is 5.32 Å². The highest BCUT2D eigenvalue weighted by Gasteiger charge is 2.26. The van der Waals surface area contributed by atoms with Crippen LogP contribution in [0.2, 0.25) is 0 Å². The van der Waals surface area contributed by atoms with E-state index in [-0.39, 0.29) is 29.1 Å². The van der Waals surface area contributed by atoms with Crippen LogP contribution >= 0.6 is 0 Å². The van der Waals surface area contributed by atoms with Gasteiger partial charge in [-0.15, -0.1) is 0 Å². The molecule has 0 saturated carbocycles. The summed E-state index contributed by atoms with van der Waals surface area (Å²) in [5.74, 6) is -0.833. The molecule has 0 fully saturated rings. The highest BCUT2D eigenvalue weighted by atomic mass is 16.4. The average Bonchev–Trinajstić information content (AvgIpc) is 2.52. The lowest BCUT2D eigenvalue weighted by molar-refractivity contribution is -0.108. The fourth-order valence-electron chi connectivity index (χ4n) is 2.18. The van der Waals surface area contributed by atoms with Gasteiger partial charge in [-0.25, -0.2) is 4.79 Å². The van der Waals surface area contributed by atoms with Crippen LogP contribution in [0.3, 0.4) is 0 Å². The highest BCUT2D eigenvalue weighted by Crippen LogP contribution is 2.27. The first-order valence-corrected chi connectivity index (χ1v) is 8.05. The molecule has 1 heterocycles. The molecule has 2 atom stereocenters. The molecule has 0 radical (unpaired) electrons. The van der Waals surface area contributed by atoms with Gasteiger partial charge in [0, 0.05) is 17.9 Å². The van der Waals surface area contributed by atoms with Crippen molar-refractivity contribution in [3.05, 3.63) is 40.1 Å². The summed E-state index contributed by atoms with van der Waals surface area (Å²) < 4.78 is 5.25. The first-order valence-electron chi connectivity index (χ1n) is 8.05. The quantitative estimate of drug-likeness (QED) is 0.534. The lowest BCUT2D eigenvalue weighted by Crippen LogP contribution is -2.24. The number of rotatable bonds is 9. The summed E-state index contributed by atoms with van der Waals surface area (Å²) in [6, 6.07) is 1.35. The van der Waals surface area contributed by atoms with Gasteiger partial charge < -0.3 is 14.8 Å². The zero-order valence-corrected chi connectivity index (χ0v) is 14.5. The minimum absolute atomic E-state index is 0.0571. The van der Waals surface area contributed by atoms with E-state index < -0.39 is 11.4 Å². The molecule has 0 aliphatic heterocycles. The predicted molar refractivity (Wildman–Crippen MR) is 91.0 cm³/mol. The van der Waals surface area contributed by atoms with E-state index in [1.54, 1.807) is 13.0 Å². The third-order valence-electron chi connectivity index (χ3n) is 4.14. The molecule has 0 aliphatic rings. The molecule has 0 bridgehead atoms. The van der Waals surface area contributed by atoms with Gasteiger partial charge in [0.15, 0.2) is 5.78 Å². The van der Waals surface area contributed by atoms with Crippen molar-refractivity contribution in [3.63, 3.8) is 0 Å². The Morgan fingerprint density at radius 3 is 2.54 bits per heavy atom. The Morgan fingerprint density at radius 2 is 2.00 bits per heavy atom. The number of Topliss-reactive ketones (excluding diaryl/α,β-unsaturated/α-hetero) is 1. The second-order valence-electron chi connectivity index (χ2n) is 6.26. The smallest absolute Gasteiger partial charge is 0.350 e. The van der Waals surface area contributed by atoms with E-state index >= 15 is 0 Å². The van der Waals surface area contributed by atoms with Gasteiger partial charge in [-0.1, -0.05) is 33.8 Å². The largest absolute Gasteiger partial charge is 0.507 e. The van der Waals surface area contributed by atoms with Crippen LogP contribution in [0.4, 0.5) is 0 Å². The molecule has 1 aromatic heterocycles. The van der Waals surface area contributed by atoms with E-state index in [1.807, 2.05) is 20.8 Å². The van der Waals surface area contributed by atoms with Crippen LogP contribution in [-0.4, -0.2) is 17.3 Å². The fraction of sp³-hybridized carbons (Fsp3) is 0.500. The number of allylic oxidation sites excluding steroid dienone is 1. The maximum absolute atomic E-state index is 12.3. The SMILES string of the molecule is CC(CC/C=C/NC=O)c1cc(O)c(C(=O)C(C)C(C)C)c(=O)o1. The topological polar surface area (TPSA) is 96.6 Å². The fourth-order valence-corrected chi connectivity index (χ4v) is 2.18. The van der Waals surface area contributed by atoms with Gasteiger partial charge in [-0.2, -0.15) is 0 Å². The Labute approximate surface area is 141 Å². The predicted octanol–water partition coefficient (Wildman–Crippen LogP) is 2.96. The van der Waals surface area contributed by atoms with Crippen LogP contribution in [0.25, 0.3) is 0 Å². The van der Waals surface area contributed by atoms with Crippen LogP contribution in [0.15, 0.2) is 27.6 Å². The van der Waals surface area contributed by atoms with Crippen molar-refractivity contribution in [1.82, 2.24) is 5.32 Å². The Morgan fingerprint density at radius 1 is 1.33 bits per heavy atom. The van der Waals surface area contributed by atoms with Crippen molar-refractivity contribution < 1.29 is 19.1 Å². The number of amides is 1. The molecule has 0 aromatic carbocycles. The Hall–Kier alpha value is -2.37. The normalized spacial score (nSPS) is 13.9. The van der Waals surface area contributed by atoms with E-state index in [4.69, 9.17) is 4.42 Å².